The molecule has 1 atom stereocenters. The molecule has 0 saturated heterocycles. The zero-order valence-electron chi connectivity index (χ0n) is 12.5. The molecule has 0 heterocycles. The first kappa shape index (κ1) is 24.4. The van der Waals surface area contributed by atoms with E-state index in [1.807, 2.05) is 0 Å². The molecule has 1 rings (SSSR count). The van der Waals surface area contributed by atoms with Crippen LogP contribution in [0.25, 0.3) is 0 Å². The van der Waals surface area contributed by atoms with Crippen LogP contribution in [-0.2, 0) is 4.79 Å². The summed E-state index contributed by atoms with van der Waals surface area (Å²) in [5.74, 6) is -0.987. The standard InChI is InChI=1S/C6H6Cl6.C6H14N4O2/c7-1-2(8)4(10)6(12)5(11)3(1)9;7-4(5(11)12)2-1-3-10-6(8)9/h1-6H;4H,1-3,7H2,(H,11,12)(H4,8,9,10). The second-order valence-electron chi connectivity index (χ2n) is 5.06. The number of aliphatic carboxylic acids is 1. The fourth-order valence-corrected chi connectivity index (χ4v) is 4.02. The van der Waals surface area contributed by atoms with Gasteiger partial charge in [-0.2, -0.15) is 0 Å². The minimum atomic E-state index is -1.00. The van der Waals surface area contributed by atoms with Gasteiger partial charge in [-0.05, 0) is 12.8 Å². The van der Waals surface area contributed by atoms with Crippen molar-refractivity contribution in [2.75, 3.05) is 6.54 Å². The number of halogens is 6. The van der Waals surface area contributed by atoms with Gasteiger partial charge in [0.2, 0.25) is 0 Å². The molecule has 1 fully saturated rings. The first-order valence-electron chi connectivity index (χ1n) is 6.88. The topological polar surface area (TPSA) is 128 Å². The molecule has 0 aromatic carbocycles. The van der Waals surface area contributed by atoms with E-state index in [0.29, 0.717) is 19.4 Å². The third kappa shape index (κ3) is 8.21. The van der Waals surface area contributed by atoms with Crippen molar-refractivity contribution in [3.8, 4) is 0 Å². The summed E-state index contributed by atoms with van der Waals surface area (Å²) in [7, 11) is 0. The second-order valence-corrected chi connectivity index (χ2v) is 8.08. The minimum Gasteiger partial charge on any atom is -0.480 e. The van der Waals surface area contributed by atoms with Crippen molar-refractivity contribution in [3.63, 3.8) is 0 Å². The van der Waals surface area contributed by atoms with Crippen LogP contribution in [0.1, 0.15) is 12.8 Å². The highest BCUT2D eigenvalue weighted by atomic mass is 35.5. The Morgan fingerprint density at radius 2 is 1.25 bits per heavy atom. The van der Waals surface area contributed by atoms with E-state index in [2.05, 4.69) is 4.99 Å². The van der Waals surface area contributed by atoms with Gasteiger partial charge in [0.1, 0.15) is 6.04 Å². The molecular formula is C12H20Cl6N4O2. The number of hydrogen-bond acceptors (Lipinski definition) is 3. The van der Waals surface area contributed by atoms with Gasteiger partial charge in [-0.3, -0.25) is 9.79 Å². The monoisotopic (exact) mass is 462 g/mol. The zero-order chi connectivity index (χ0) is 19.0. The van der Waals surface area contributed by atoms with E-state index in [9.17, 15) is 4.79 Å². The van der Waals surface area contributed by atoms with Crippen molar-refractivity contribution in [2.24, 2.45) is 22.2 Å². The molecule has 6 nitrogen and oxygen atoms in total. The van der Waals surface area contributed by atoms with Gasteiger partial charge in [0, 0.05) is 6.54 Å². The highest BCUT2D eigenvalue weighted by Crippen LogP contribution is 2.39. The maximum Gasteiger partial charge on any atom is 0.320 e. The molecule has 0 aliphatic heterocycles. The molecule has 1 unspecified atom stereocenters. The summed E-state index contributed by atoms with van der Waals surface area (Å²) in [5, 5.41) is 5.76. The SMILES string of the molecule is ClC1C(Cl)C(Cl)C(Cl)C(Cl)C1Cl.NC(N)=NCCCC(N)C(=O)O. The summed E-state index contributed by atoms with van der Waals surface area (Å²) in [4.78, 5) is 13.9. The smallest absolute Gasteiger partial charge is 0.320 e. The molecule has 0 radical (unpaired) electrons. The average Bonchev–Trinajstić information content (AvgIpc) is 2.53. The third-order valence-corrected chi connectivity index (χ3v) is 7.14. The predicted octanol–water partition coefficient (Wildman–Crippen LogP) is 2.10. The van der Waals surface area contributed by atoms with Crippen LogP contribution in [0, 0.1) is 0 Å². The summed E-state index contributed by atoms with van der Waals surface area (Å²) < 4.78 is 0. The fraction of sp³-hybridized carbons (Fsp3) is 0.833. The molecule has 7 N–H and O–H groups in total. The number of nitrogens with two attached hydrogens (primary N) is 3. The van der Waals surface area contributed by atoms with Gasteiger partial charge < -0.3 is 22.3 Å². The largest absolute Gasteiger partial charge is 0.480 e. The van der Waals surface area contributed by atoms with Crippen molar-refractivity contribution in [1.29, 1.82) is 0 Å². The van der Waals surface area contributed by atoms with E-state index in [4.69, 9.17) is 91.9 Å². The average molecular weight is 465 g/mol. The van der Waals surface area contributed by atoms with E-state index in [1.54, 1.807) is 0 Å². The number of aliphatic imine (C=N–C) groups is 1. The van der Waals surface area contributed by atoms with Crippen LogP contribution in [0.3, 0.4) is 0 Å². The van der Waals surface area contributed by atoms with E-state index in [0.717, 1.165) is 0 Å². The molecule has 0 bridgehead atoms. The molecule has 0 aromatic heterocycles. The van der Waals surface area contributed by atoms with Crippen molar-refractivity contribution in [2.45, 2.75) is 51.1 Å². The van der Waals surface area contributed by atoms with Crippen molar-refractivity contribution < 1.29 is 9.90 Å². The first-order chi connectivity index (χ1) is 11.0. The zero-order valence-corrected chi connectivity index (χ0v) is 17.0. The number of rotatable bonds is 5. The van der Waals surface area contributed by atoms with Crippen LogP contribution in [0.5, 0.6) is 0 Å². The van der Waals surface area contributed by atoms with E-state index >= 15 is 0 Å². The van der Waals surface area contributed by atoms with E-state index in [1.165, 1.54) is 0 Å². The predicted molar refractivity (Wildman–Crippen MR) is 103 cm³/mol. The summed E-state index contributed by atoms with van der Waals surface area (Å²) >= 11 is 35.3. The quantitative estimate of drug-likeness (QED) is 0.214. The lowest BCUT2D eigenvalue weighted by atomic mass is 9.97. The summed E-state index contributed by atoms with van der Waals surface area (Å²) in [6, 6.07) is -0.820. The molecule has 1 aliphatic carbocycles. The summed E-state index contributed by atoms with van der Waals surface area (Å²) in [6.45, 7) is 0.420. The fourth-order valence-electron chi connectivity index (χ4n) is 1.70. The number of nitrogens with zero attached hydrogens (tertiary/aromatic N) is 1. The van der Waals surface area contributed by atoms with Gasteiger partial charge in [-0.1, -0.05) is 0 Å². The number of guanidine groups is 1. The summed E-state index contributed by atoms with van der Waals surface area (Å²) in [6.07, 6.45) is 0.956. The van der Waals surface area contributed by atoms with Gasteiger partial charge >= 0.3 is 5.97 Å². The van der Waals surface area contributed by atoms with Crippen LogP contribution in [-0.4, -0.2) is 61.9 Å². The van der Waals surface area contributed by atoms with Gasteiger partial charge in [0.25, 0.3) is 0 Å². The van der Waals surface area contributed by atoms with Gasteiger partial charge in [-0.15, -0.1) is 69.6 Å². The lowest BCUT2D eigenvalue weighted by Crippen LogP contribution is -2.52. The van der Waals surface area contributed by atoms with Crippen LogP contribution >= 0.6 is 69.6 Å². The number of carboxylic acids is 1. The number of alkyl halides is 6. The van der Waals surface area contributed by atoms with E-state index in [-0.39, 0.29) is 5.96 Å². The normalized spacial score (nSPS) is 33.8. The third-order valence-electron chi connectivity index (χ3n) is 3.11. The lowest BCUT2D eigenvalue weighted by molar-refractivity contribution is -0.138. The Morgan fingerprint density at radius 3 is 1.50 bits per heavy atom. The summed E-state index contributed by atoms with van der Waals surface area (Å²) in [5.41, 5.74) is 15.3. The van der Waals surface area contributed by atoms with Gasteiger partial charge in [0.15, 0.2) is 5.96 Å². The molecule has 1 aliphatic rings. The van der Waals surface area contributed by atoms with Crippen LogP contribution < -0.4 is 17.2 Å². The van der Waals surface area contributed by atoms with Gasteiger partial charge in [-0.25, -0.2) is 0 Å². The highest BCUT2D eigenvalue weighted by Gasteiger charge is 2.46. The first-order valence-corrected chi connectivity index (χ1v) is 9.50. The van der Waals surface area contributed by atoms with Crippen molar-refractivity contribution >= 4 is 81.5 Å². The number of carbonyl (C=O) groups is 1. The van der Waals surface area contributed by atoms with Crippen molar-refractivity contribution in [1.82, 2.24) is 0 Å². The molecule has 24 heavy (non-hydrogen) atoms. The Hall–Kier alpha value is 0.440. The molecule has 12 heteroatoms. The molecule has 0 amide bonds. The molecule has 0 aromatic rings. The maximum atomic E-state index is 10.2. The highest BCUT2D eigenvalue weighted by molar-refractivity contribution is 6.45. The van der Waals surface area contributed by atoms with Crippen LogP contribution in [0.2, 0.25) is 0 Å². The second kappa shape index (κ2) is 11.9. The Bertz CT molecular complexity index is 368. The Balaban J connectivity index is 0.000000441. The molecule has 0 spiro atoms. The Kier molecular flexibility index (Phi) is 12.2. The number of carboxylic acid groups (broad SMARTS) is 1. The molecule has 1 saturated carbocycles. The number of hydrogen-bond donors (Lipinski definition) is 4. The van der Waals surface area contributed by atoms with Gasteiger partial charge in [0.05, 0.1) is 32.3 Å². The van der Waals surface area contributed by atoms with Crippen LogP contribution in [0.15, 0.2) is 4.99 Å². The van der Waals surface area contributed by atoms with Crippen molar-refractivity contribution in [3.05, 3.63) is 0 Å². The van der Waals surface area contributed by atoms with E-state index < -0.39 is 44.3 Å². The van der Waals surface area contributed by atoms with Crippen LogP contribution in [0.4, 0.5) is 0 Å². The Labute approximate surface area is 170 Å². The molecular weight excluding hydrogens is 445 g/mol. The Morgan fingerprint density at radius 1 is 0.917 bits per heavy atom. The lowest BCUT2D eigenvalue weighted by Gasteiger charge is -2.37. The maximum absolute atomic E-state index is 10.2. The molecule has 142 valence electrons. The minimum absolute atomic E-state index is 0.0129.